The summed E-state index contributed by atoms with van der Waals surface area (Å²) < 4.78 is 0. The Hall–Kier alpha value is -1.44. The van der Waals surface area contributed by atoms with E-state index in [9.17, 15) is 9.59 Å². The highest BCUT2D eigenvalue weighted by Crippen LogP contribution is 2.37. The van der Waals surface area contributed by atoms with Crippen LogP contribution in [0.2, 0.25) is 0 Å². The van der Waals surface area contributed by atoms with E-state index in [1.165, 1.54) is 5.56 Å². The summed E-state index contributed by atoms with van der Waals surface area (Å²) in [6.45, 7) is 0. The van der Waals surface area contributed by atoms with Gasteiger partial charge in [0, 0.05) is 19.3 Å². The van der Waals surface area contributed by atoms with Gasteiger partial charge < -0.3 is 4.79 Å². The van der Waals surface area contributed by atoms with Crippen molar-refractivity contribution in [3.05, 3.63) is 35.9 Å². The van der Waals surface area contributed by atoms with E-state index in [1.807, 2.05) is 18.2 Å². The molecule has 0 aromatic heterocycles. The minimum atomic E-state index is 0.243. The Bertz CT molecular complexity index is 370. The van der Waals surface area contributed by atoms with E-state index >= 15 is 0 Å². The van der Waals surface area contributed by atoms with Crippen LogP contribution in [0.1, 0.15) is 37.2 Å². The molecule has 1 aromatic rings. The molecule has 2 atom stereocenters. The molecule has 1 aliphatic carbocycles. The van der Waals surface area contributed by atoms with Gasteiger partial charge in [0.05, 0.1) is 0 Å². The van der Waals surface area contributed by atoms with Gasteiger partial charge in [0.1, 0.15) is 12.1 Å². The quantitative estimate of drug-likeness (QED) is 0.728. The molecule has 0 saturated heterocycles. The highest BCUT2D eigenvalue weighted by molar-refractivity contribution is 5.80. The fourth-order valence-corrected chi connectivity index (χ4v) is 2.56. The first kappa shape index (κ1) is 11.1. The Balaban J connectivity index is 2.20. The summed E-state index contributed by atoms with van der Waals surface area (Å²) in [4.78, 5) is 22.2. The van der Waals surface area contributed by atoms with Gasteiger partial charge in [-0.1, -0.05) is 30.3 Å². The van der Waals surface area contributed by atoms with E-state index < -0.39 is 0 Å². The minimum Gasteiger partial charge on any atom is -0.303 e. The molecule has 2 unspecified atom stereocenters. The zero-order valence-electron chi connectivity index (χ0n) is 9.26. The molecule has 2 nitrogen and oxygen atoms in total. The van der Waals surface area contributed by atoms with Crippen molar-refractivity contribution in [1.82, 2.24) is 0 Å². The lowest BCUT2D eigenvalue weighted by atomic mass is 9.74. The summed E-state index contributed by atoms with van der Waals surface area (Å²) in [5, 5.41) is 0. The Morgan fingerprint density at radius 1 is 1.25 bits per heavy atom. The number of carbonyl (C=O) groups excluding carboxylic acids is 2. The van der Waals surface area contributed by atoms with Crippen LogP contribution in [0.25, 0.3) is 0 Å². The first-order chi connectivity index (χ1) is 7.81. The molecule has 0 amide bonds. The van der Waals surface area contributed by atoms with Gasteiger partial charge >= 0.3 is 0 Å². The largest absolute Gasteiger partial charge is 0.303 e. The average molecular weight is 216 g/mol. The van der Waals surface area contributed by atoms with Gasteiger partial charge in [0.15, 0.2) is 0 Å². The van der Waals surface area contributed by atoms with E-state index in [0.29, 0.717) is 31.0 Å². The van der Waals surface area contributed by atoms with Crippen molar-refractivity contribution in [1.29, 1.82) is 0 Å². The smallest absolute Gasteiger partial charge is 0.133 e. The zero-order valence-corrected chi connectivity index (χ0v) is 9.26. The van der Waals surface area contributed by atoms with Gasteiger partial charge in [-0.25, -0.2) is 0 Å². The third kappa shape index (κ3) is 2.38. The second kappa shape index (κ2) is 5.06. The Morgan fingerprint density at radius 3 is 2.69 bits per heavy atom. The molecule has 0 radical (unpaired) electrons. The Morgan fingerprint density at radius 2 is 2.00 bits per heavy atom. The number of aldehydes is 1. The SMILES string of the molecule is O=CCC1CCC(=O)CC1c1ccccc1. The van der Waals surface area contributed by atoms with E-state index in [-0.39, 0.29) is 5.92 Å². The van der Waals surface area contributed by atoms with Crippen LogP contribution >= 0.6 is 0 Å². The van der Waals surface area contributed by atoms with Gasteiger partial charge in [0.25, 0.3) is 0 Å². The van der Waals surface area contributed by atoms with Gasteiger partial charge in [0.2, 0.25) is 0 Å². The maximum Gasteiger partial charge on any atom is 0.133 e. The number of hydrogen-bond donors (Lipinski definition) is 0. The summed E-state index contributed by atoms with van der Waals surface area (Å²) in [5.41, 5.74) is 1.20. The maximum atomic E-state index is 11.5. The average Bonchev–Trinajstić information content (AvgIpc) is 2.33. The number of rotatable bonds is 3. The molecule has 0 aliphatic heterocycles. The van der Waals surface area contributed by atoms with E-state index in [0.717, 1.165) is 12.7 Å². The van der Waals surface area contributed by atoms with Gasteiger partial charge in [-0.3, -0.25) is 4.79 Å². The van der Waals surface area contributed by atoms with Crippen LogP contribution in [0, 0.1) is 5.92 Å². The molecule has 2 heteroatoms. The van der Waals surface area contributed by atoms with Crippen LogP contribution in [-0.2, 0) is 9.59 Å². The third-order valence-corrected chi connectivity index (χ3v) is 3.44. The summed E-state index contributed by atoms with van der Waals surface area (Å²) in [6, 6.07) is 10.1. The Labute approximate surface area is 95.7 Å². The van der Waals surface area contributed by atoms with Crippen LogP contribution in [0.4, 0.5) is 0 Å². The van der Waals surface area contributed by atoms with Gasteiger partial charge in [-0.05, 0) is 23.8 Å². The second-order valence-electron chi connectivity index (χ2n) is 4.46. The lowest BCUT2D eigenvalue weighted by Gasteiger charge is -2.29. The van der Waals surface area contributed by atoms with E-state index in [4.69, 9.17) is 0 Å². The molecular formula is C14H16O2. The topological polar surface area (TPSA) is 34.1 Å². The summed E-state index contributed by atoms with van der Waals surface area (Å²) >= 11 is 0. The molecular weight excluding hydrogens is 200 g/mol. The molecule has 2 rings (SSSR count). The number of hydrogen-bond acceptors (Lipinski definition) is 2. The number of carbonyl (C=O) groups is 2. The number of Topliss-reactive ketones (excluding diaryl/α,β-unsaturated/α-hetero) is 1. The fourth-order valence-electron chi connectivity index (χ4n) is 2.56. The first-order valence-electron chi connectivity index (χ1n) is 5.81. The highest BCUT2D eigenvalue weighted by atomic mass is 16.1. The van der Waals surface area contributed by atoms with Gasteiger partial charge in [-0.2, -0.15) is 0 Å². The van der Waals surface area contributed by atoms with E-state index in [2.05, 4.69) is 12.1 Å². The van der Waals surface area contributed by atoms with Crippen LogP contribution in [0.15, 0.2) is 30.3 Å². The molecule has 84 valence electrons. The highest BCUT2D eigenvalue weighted by Gasteiger charge is 2.29. The maximum absolute atomic E-state index is 11.5. The van der Waals surface area contributed by atoms with Crippen LogP contribution in [0.5, 0.6) is 0 Å². The molecule has 0 N–H and O–H groups in total. The molecule has 1 saturated carbocycles. The lowest BCUT2D eigenvalue weighted by molar-refractivity contribution is -0.122. The summed E-state index contributed by atoms with van der Waals surface area (Å²) in [7, 11) is 0. The van der Waals surface area contributed by atoms with Crippen molar-refractivity contribution in [3.63, 3.8) is 0 Å². The van der Waals surface area contributed by atoms with Crippen LogP contribution in [-0.4, -0.2) is 12.1 Å². The zero-order chi connectivity index (χ0) is 11.4. The standard InChI is InChI=1S/C14H16O2/c15-9-8-12-6-7-13(16)10-14(12)11-4-2-1-3-5-11/h1-5,9,12,14H,6-8,10H2. The molecule has 1 fully saturated rings. The minimum absolute atomic E-state index is 0.243. The lowest BCUT2D eigenvalue weighted by Crippen LogP contribution is -2.23. The van der Waals surface area contributed by atoms with Crippen molar-refractivity contribution in [2.24, 2.45) is 5.92 Å². The molecule has 1 aromatic carbocycles. The van der Waals surface area contributed by atoms with Crippen molar-refractivity contribution in [2.45, 2.75) is 31.6 Å². The van der Waals surface area contributed by atoms with Crippen molar-refractivity contribution in [2.75, 3.05) is 0 Å². The molecule has 0 spiro atoms. The van der Waals surface area contributed by atoms with Crippen LogP contribution < -0.4 is 0 Å². The Kier molecular flexibility index (Phi) is 3.50. The van der Waals surface area contributed by atoms with E-state index in [1.54, 1.807) is 0 Å². The summed E-state index contributed by atoms with van der Waals surface area (Å²) in [6.07, 6.45) is 3.66. The number of benzene rings is 1. The molecule has 1 aliphatic rings. The number of ketones is 1. The molecule has 16 heavy (non-hydrogen) atoms. The van der Waals surface area contributed by atoms with Crippen molar-refractivity contribution < 1.29 is 9.59 Å². The van der Waals surface area contributed by atoms with Crippen molar-refractivity contribution >= 4 is 12.1 Å². The normalized spacial score (nSPS) is 25.4. The molecule has 0 heterocycles. The third-order valence-electron chi connectivity index (χ3n) is 3.44. The summed E-state index contributed by atoms with van der Waals surface area (Å²) in [5.74, 6) is 0.918. The first-order valence-corrected chi connectivity index (χ1v) is 5.81. The second-order valence-corrected chi connectivity index (χ2v) is 4.46. The van der Waals surface area contributed by atoms with Gasteiger partial charge in [-0.15, -0.1) is 0 Å². The predicted octanol–water partition coefficient (Wildman–Crippen LogP) is 2.73. The van der Waals surface area contributed by atoms with Crippen molar-refractivity contribution in [3.8, 4) is 0 Å². The molecule has 0 bridgehead atoms. The van der Waals surface area contributed by atoms with Crippen LogP contribution in [0.3, 0.4) is 0 Å². The predicted molar refractivity (Wildman–Crippen MR) is 62.2 cm³/mol. The fraction of sp³-hybridized carbons (Fsp3) is 0.429. The monoisotopic (exact) mass is 216 g/mol.